The molecule has 0 saturated carbocycles. The normalized spacial score (nSPS) is 10.6. The third kappa shape index (κ3) is 6.38. The van der Waals surface area contributed by atoms with Crippen LogP contribution in [0.1, 0.15) is 13.3 Å². The van der Waals surface area contributed by atoms with Gasteiger partial charge >= 0.3 is 16.1 Å². The Hall–Kier alpha value is -1.14. The molecule has 0 aliphatic rings. The maximum absolute atomic E-state index is 11.0. The Bertz CT molecular complexity index is 328. The summed E-state index contributed by atoms with van der Waals surface area (Å²) in [6.45, 7) is 8.28. The molecule has 0 aliphatic carbocycles. The topological polar surface area (TPSA) is 69.7 Å². The van der Waals surface area contributed by atoms with Gasteiger partial charge in [-0.3, -0.25) is 4.89 Å². The van der Waals surface area contributed by atoms with Gasteiger partial charge in [-0.25, -0.2) is 4.79 Å². The van der Waals surface area contributed by atoms with Gasteiger partial charge in [-0.15, -0.1) is 6.58 Å². The van der Waals surface area contributed by atoms with Crippen molar-refractivity contribution in [2.75, 3.05) is 5.75 Å². The van der Waals surface area contributed by atoms with Crippen LogP contribution in [0.4, 0.5) is 0 Å². The molecule has 0 N–H and O–H groups in total. The molecule has 80 valence electrons. The summed E-state index contributed by atoms with van der Waals surface area (Å²) < 4.78 is 25.9. The Morgan fingerprint density at radius 1 is 1.50 bits per heavy atom. The van der Waals surface area contributed by atoms with Crippen molar-refractivity contribution >= 4 is 16.1 Å². The third-order valence-electron chi connectivity index (χ3n) is 1.17. The molecule has 6 heteroatoms. The second-order valence-electron chi connectivity index (χ2n) is 2.64. The van der Waals surface area contributed by atoms with Crippen molar-refractivity contribution in [3.05, 3.63) is 24.8 Å². The van der Waals surface area contributed by atoms with E-state index < -0.39 is 16.1 Å². The largest absolute Gasteiger partial charge is 0.366 e. The van der Waals surface area contributed by atoms with E-state index in [1.807, 2.05) is 0 Å². The Morgan fingerprint density at radius 3 is 2.50 bits per heavy atom. The van der Waals surface area contributed by atoms with Gasteiger partial charge in [-0.2, -0.15) is 8.42 Å². The number of hydrogen-bond donors (Lipinski definition) is 0. The van der Waals surface area contributed by atoms with Crippen LogP contribution in [0, 0.1) is 0 Å². The molecule has 0 aromatic carbocycles. The Labute approximate surface area is 83.1 Å². The van der Waals surface area contributed by atoms with Gasteiger partial charge in [0.25, 0.3) is 0 Å². The summed E-state index contributed by atoms with van der Waals surface area (Å²) in [7, 11) is -3.83. The standard InChI is InChI=1S/C8H12O5S/c1-4-8(9)12-13-14(10,11)6-5-7(2)3/h4H,1-2,5-6H2,3H3. The van der Waals surface area contributed by atoms with Gasteiger partial charge in [0.1, 0.15) is 0 Å². The molecule has 0 unspecified atom stereocenters. The molecule has 0 heterocycles. The van der Waals surface area contributed by atoms with E-state index in [-0.39, 0.29) is 12.2 Å². The fourth-order valence-corrected chi connectivity index (χ4v) is 1.29. The first-order valence-corrected chi connectivity index (χ1v) is 5.34. The third-order valence-corrected chi connectivity index (χ3v) is 2.14. The quantitative estimate of drug-likeness (QED) is 0.288. The first-order chi connectivity index (χ1) is 6.37. The van der Waals surface area contributed by atoms with Crippen molar-refractivity contribution in [1.82, 2.24) is 0 Å². The van der Waals surface area contributed by atoms with Crippen molar-refractivity contribution in [2.45, 2.75) is 13.3 Å². The molecule has 0 atom stereocenters. The van der Waals surface area contributed by atoms with Crippen LogP contribution in [0.3, 0.4) is 0 Å². The van der Waals surface area contributed by atoms with Crippen molar-refractivity contribution in [2.24, 2.45) is 0 Å². The number of carbonyl (C=O) groups is 1. The predicted molar refractivity (Wildman–Crippen MR) is 50.6 cm³/mol. The highest BCUT2D eigenvalue weighted by Crippen LogP contribution is 2.03. The summed E-state index contributed by atoms with van der Waals surface area (Å²) in [6.07, 6.45) is 1.06. The Kier molecular flexibility index (Phi) is 5.11. The van der Waals surface area contributed by atoms with Gasteiger partial charge in [-0.05, 0) is 13.3 Å². The highest BCUT2D eigenvalue weighted by molar-refractivity contribution is 7.86. The smallest absolute Gasteiger partial charge is 0.277 e. The first kappa shape index (κ1) is 12.9. The van der Waals surface area contributed by atoms with Crippen molar-refractivity contribution in [3.8, 4) is 0 Å². The molecule has 0 spiro atoms. The van der Waals surface area contributed by atoms with Crippen LogP contribution in [0.5, 0.6) is 0 Å². The fourth-order valence-electron chi connectivity index (χ4n) is 0.453. The summed E-state index contributed by atoms with van der Waals surface area (Å²) in [5.74, 6) is -1.23. The van der Waals surface area contributed by atoms with E-state index in [1.54, 1.807) is 6.92 Å². The summed E-state index contributed by atoms with van der Waals surface area (Å²) in [5, 5.41) is 0. The highest BCUT2D eigenvalue weighted by atomic mass is 32.2. The van der Waals surface area contributed by atoms with Crippen LogP contribution in [0.15, 0.2) is 24.8 Å². The maximum atomic E-state index is 11.0. The highest BCUT2D eigenvalue weighted by Gasteiger charge is 2.14. The lowest BCUT2D eigenvalue weighted by Gasteiger charge is -2.02. The SMILES string of the molecule is C=CC(=O)OOS(=O)(=O)CCC(=C)C. The second-order valence-corrected chi connectivity index (χ2v) is 4.30. The Morgan fingerprint density at radius 2 is 2.07 bits per heavy atom. The molecule has 0 rings (SSSR count). The lowest BCUT2D eigenvalue weighted by molar-refractivity contribution is -0.204. The summed E-state index contributed by atoms with van der Waals surface area (Å²) in [5.41, 5.74) is 0.701. The van der Waals surface area contributed by atoms with Gasteiger partial charge < -0.3 is 0 Å². The van der Waals surface area contributed by atoms with E-state index in [1.165, 1.54) is 0 Å². The molecule has 5 nitrogen and oxygen atoms in total. The molecular weight excluding hydrogens is 208 g/mol. The van der Waals surface area contributed by atoms with Crippen molar-refractivity contribution < 1.29 is 22.4 Å². The number of carbonyl (C=O) groups excluding carboxylic acids is 1. The van der Waals surface area contributed by atoms with Crippen LogP contribution in [-0.2, 0) is 24.1 Å². The molecule has 0 aromatic heterocycles. The van der Waals surface area contributed by atoms with E-state index >= 15 is 0 Å². The minimum Gasteiger partial charge on any atom is -0.277 e. The summed E-state index contributed by atoms with van der Waals surface area (Å²) in [6, 6.07) is 0. The van der Waals surface area contributed by atoms with Crippen LogP contribution in [-0.4, -0.2) is 20.1 Å². The van der Waals surface area contributed by atoms with E-state index in [9.17, 15) is 13.2 Å². The molecule has 0 fully saturated rings. The van der Waals surface area contributed by atoms with Crippen LogP contribution < -0.4 is 0 Å². The minimum atomic E-state index is -3.83. The zero-order valence-electron chi connectivity index (χ0n) is 7.86. The van der Waals surface area contributed by atoms with Crippen molar-refractivity contribution in [3.63, 3.8) is 0 Å². The van der Waals surface area contributed by atoms with Crippen molar-refractivity contribution in [1.29, 1.82) is 0 Å². The molecule has 0 aromatic rings. The van der Waals surface area contributed by atoms with E-state index in [2.05, 4.69) is 22.4 Å². The van der Waals surface area contributed by atoms with Gasteiger partial charge in [-0.1, -0.05) is 16.5 Å². The molecular formula is C8H12O5S. The summed E-state index contributed by atoms with van der Waals surface area (Å²) >= 11 is 0. The van der Waals surface area contributed by atoms with Gasteiger partial charge in [0, 0.05) is 6.08 Å². The van der Waals surface area contributed by atoms with E-state index in [0.29, 0.717) is 5.57 Å². The van der Waals surface area contributed by atoms with Gasteiger partial charge in [0.15, 0.2) is 0 Å². The van der Waals surface area contributed by atoms with Gasteiger partial charge in [0.05, 0.1) is 5.75 Å². The fraction of sp³-hybridized carbons (Fsp3) is 0.375. The van der Waals surface area contributed by atoms with E-state index in [0.717, 1.165) is 6.08 Å². The number of allylic oxidation sites excluding steroid dienone is 1. The van der Waals surface area contributed by atoms with Crippen LogP contribution >= 0.6 is 0 Å². The number of hydrogen-bond acceptors (Lipinski definition) is 5. The summed E-state index contributed by atoms with van der Waals surface area (Å²) in [4.78, 5) is 14.4. The lowest BCUT2D eigenvalue weighted by Crippen LogP contribution is -2.13. The molecule has 14 heavy (non-hydrogen) atoms. The Balaban J connectivity index is 4.02. The average Bonchev–Trinajstić information content (AvgIpc) is 2.11. The van der Waals surface area contributed by atoms with Gasteiger partial charge in [0.2, 0.25) is 0 Å². The number of rotatable bonds is 6. The monoisotopic (exact) mass is 220 g/mol. The molecule has 0 amide bonds. The van der Waals surface area contributed by atoms with E-state index in [4.69, 9.17) is 0 Å². The average molecular weight is 220 g/mol. The predicted octanol–water partition coefficient (Wildman–Crippen LogP) is 0.943. The lowest BCUT2D eigenvalue weighted by atomic mass is 10.3. The zero-order chi connectivity index (χ0) is 11.2. The van der Waals surface area contributed by atoms with Crippen LogP contribution in [0.25, 0.3) is 0 Å². The molecule has 0 bridgehead atoms. The molecule has 0 saturated heterocycles. The van der Waals surface area contributed by atoms with Crippen LogP contribution in [0.2, 0.25) is 0 Å². The zero-order valence-corrected chi connectivity index (χ0v) is 8.67. The molecule has 0 radical (unpaired) electrons. The second kappa shape index (κ2) is 5.56. The molecule has 0 aliphatic heterocycles. The maximum Gasteiger partial charge on any atom is 0.366 e. The minimum absolute atomic E-state index is 0.258. The first-order valence-electron chi connectivity index (χ1n) is 3.77.